The maximum absolute atomic E-state index is 12.0. The minimum absolute atomic E-state index is 0.342. The Morgan fingerprint density at radius 1 is 1.33 bits per heavy atom. The second-order valence-corrected chi connectivity index (χ2v) is 5.87. The van der Waals surface area contributed by atoms with Crippen molar-refractivity contribution < 1.29 is 19.1 Å². The maximum Gasteiger partial charge on any atom is 0.348 e. The van der Waals surface area contributed by atoms with Crippen LogP contribution < -0.4 is 0 Å². The van der Waals surface area contributed by atoms with E-state index >= 15 is 0 Å². The van der Waals surface area contributed by atoms with Crippen molar-refractivity contribution in [3.8, 4) is 0 Å². The molecule has 1 aromatic rings. The van der Waals surface area contributed by atoms with Gasteiger partial charge in [0.1, 0.15) is 10.5 Å². The molecule has 0 amide bonds. The van der Waals surface area contributed by atoms with Crippen molar-refractivity contribution in [2.45, 2.75) is 39.2 Å². The fourth-order valence-electron chi connectivity index (χ4n) is 1.44. The van der Waals surface area contributed by atoms with Crippen LogP contribution in [0.2, 0.25) is 0 Å². The average molecular weight is 270 g/mol. The van der Waals surface area contributed by atoms with Crippen molar-refractivity contribution in [1.29, 1.82) is 0 Å². The Kier molecular flexibility index (Phi) is 4.51. The third kappa shape index (κ3) is 3.57. The van der Waals surface area contributed by atoms with Gasteiger partial charge in [0, 0.05) is 0 Å². The predicted octanol–water partition coefficient (Wildman–Crippen LogP) is 2.98. The summed E-state index contributed by atoms with van der Waals surface area (Å²) in [6, 6.07) is 1.76. The molecule has 0 bridgehead atoms. The number of methoxy groups -OCH3 is 1. The zero-order valence-corrected chi connectivity index (χ0v) is 12.1. The molecule has 5 heteroatoms. The Labute approximate surface area is 111 Å². The number of rotatable bonds is 3. The van der Waals surface area contributed by atoms with Gasteiger partial charge in [-0.25, -0.2) is 4.79 Å². The molecule has 100 valence electrons. The quantitative estimate of drug-likeness (QED) is 0.792. The molecule has 0 saturated carbocycles. The van der Waals surface area contributed by atoms with Gasteiger partial charge in [0.25, 0.3) is 0 Å². The van der Waals surface area contributed by atoms with Crippen LogP contribution in [0.4, 0.5) is 0 Å². The minimum atomic E-state index is -0.535. The number of esters is 2. The van der Waals surface area contributed by atoms with Crippen LogP contribution in [0, 0.1) is 0 Å². The number of hydrogen-bond donors (Lipinski definition) is 0. The molecule has 4 nitrogen and oxygen atoms in total. The summed E-state index contributed by atoms with van der Waals surface area (Å²) in [5, 5.41) is 1.77. The van der Waals surface area contributed by atoms with Gasteiger partial charge < -0.3 is 9.47 Å². The number of ether oxygens (including phenoxy) is 2. The third-order valence-corrected chi connectivity index (χ3v) is 3.20. The zero-order valence-electron chi connectivity index (χ0n) is 11.3. The van der Waals surface area contributed by atoms with Crippen molar-refractivity contribution in [2.24, 2.45) is 0 Å². The van der Waals surface area contributed by atoms with Crippen LogP contribution in [0.5, 0.6) is 0 Å². The molecule has 1 atom stereocenters. The molecule has 1 rings (SSSR count). The van der Waals surface area contributed by atoms with Gasteiger partial charge in [-0.05, 0) is 44.7 Å². The van der Waals surface area contributed by atoms with Gasteiger partial charge in [-0.1, -0.05) is 0 Å². The number of carbonyl (C=O) groups is 2. The first-order chi connectivity index (χ1) is 8.26. The lowest BCUT2D eigenvalue weighted by atomic mass is 10.0. The van der Waals surface area contributed by atoms with E-state index in [1.807, 2.05) is 20.8 Å². The van der Waals surface area contributed by atoms with Crippen LogP contribution in [0.3, 0.4) is 0 Å². The van der Waals surface area contributed by atoms with Crippen molar-refractivity contribution in [1.82, 2.24) is 0 Å². The Morgan fingerprint density at radius 2 is 1.94 bits per heavy atom. The highest BCUT2D eigenvalue weighted by Crippen LogP contribution is 2.27. The van der Waals surface area contributed by atoms with E-state index in [9.17, 15) is 9.59 Å². The van der Waals surface area contributed by atoms with Gasteiger partial charge in [-0.3, -0.25) is 4.79 Å². The molecule has 18 heavy (non-hydrogen) atoms. The molecule has 0 aliphatic rings. The average Bonchev–Trinajstić information content (AvgIpc) is 2.73. The summed E-state index contributed by atoms with van der Waals surface area (Å²) in [6.07, 6.45) is 0. The lowest BCUT2D eigenvalue weighted by Crippen LogP contribution is -2.27. The second-order valence-electron chi connectivity index (χ2n) is 4.95. The molecule has 0 fully saturated rings. The standard InChI is InChI=1S/C13H18O4S/c1-8(11(14)17-13(2,3)4)9-6-7-18-10(9)12(15)16-5/h6-8H,1-5H3/t8-/m0/s1. The lowest BCUT2D eigenvalue weighted by molar-refractivity contribution is -0.156. The van der Waals surface area contributed by atoms with Crippen LogP contribution in [0.15, 0.2) is 11.4 Å². The molecule has 0 aliphatic heterocycles. The Balaban J connectivity index is 2.91. The summed E-state index contributed by atoms with van der Waals surface area (Å²) < 4.78 is 9.99. The molecule has 0 radical (unpaired) electrons. The first-order valence-corrected chi connectivity index (χ1v) is 6.53. The third-order valence-electron chi connectivity index (χ3n) is 2.29. The normalized spacial score (nSPS) is 12.9. The van der Waals surface area contributed by atoms with E-state index in [0.717, 1.165) is 0 Å². The Hall–Kier alpha value is -1.36. The largest absolute Gasteiger partial charge is 0.465 e. The van der Waals surface area contributed by atoms with Gasteiger partial charge >= 0.3 is 11.9 Å². The summed E-state index contributed by atoms with van der Waals surface area (Å²) in [5.41, 5.74) is 0.119. The molecule has 0 spiro atoms. The SMILES string of the molecule is COC(=O)c1sccc1[C@H](C)C(=O)OC(C)(C)C. The van der Waals surface area contributed by atoms with Crippen molar-refractivity contribution in [2.75, 3.05) is 7.11 Å². The van der Waals surface area contributed by atoms with Crippen LogP contribution in [0.25, 0.3) is 0 Å². The van der Waals surface area contributed by atoms with Crippen LogP contribution in [-0.4, -0.2) is 24.6 Å². The van der Waals surface area contributed by atoms with Crippen molar-refractivity contribution in [3.05, 3.63) is 21.9 Å². The van der Waals surface area contributed by atoms with Gasteiger partial charge in [-0.15, -0.1) is 11.3 Å². The molecule has 0 aromatic carbocycles. The summed E-state index contributed by atoms with van der Waals surface area (Å²) in [6.45, 7) is 7.16. The van der Waals surface area contributed by atoms with E-state index in [-0.39, 0.29) is 5.97 Å². The van der Waals surface area contributed by atoms with Gasteiger partial charge in [-0.2, -0.15) is 0 Å². The first kappa shape index (κ1) is 14.7. The van der Waals surface area contributed by atoms with Gasteiger partial charge in [0.2, 0.25) is 0 Å². The highest BCUT2D eigenvalue weighted by atomic mass is 32.1. The molecule has 0 aliphatic carbocycles. The highest BCUT2D eigenvalue weighted by molar-refractivity contribution is 7.12. The maximum atomic E-state index is 12.0. The smallest absolute Gasteiger partial charge is 0.348 e. The first-order valence-electron chi connectivity index (χ1n) is 5.65. The molecule has 0 unspecified atom stereocenters. The zero-order chi connectivity index (χ0) is 13.9. The summed E-state index contributed by atoms with van der Waals surface area (Å²) in [5.74, 6) is -1.24. The van der Waals surface area contributed by atoms with E-state index in [1.165, 1.54) is 18.4 Å². The van der Waals surface area contributed by atoms with E-state index < -0.39 is 17.5 Å². The molecule has 0 saturated heterocycles. The Bertz CT molecular complexity index is 442. The van der Waals surface area contributed by atoms with Crippen molar-refractivity contribution >= 4 is 23.3 Å². The fourth-order valence-corrected chi connectivity index (χ4v) is 2.35. The number of hydrogen-bond acceptors (Lipinski definition) is 5. The van der Waals surface area contributed by atoms with Gasteiger partial charge in [0.15, 0.2) is 0 Å². The molecule has 0 N–H and O–H groups in total. The van der Waals surface area contributed by atoms with E-state index in [0.29, 0.717) is 10.4 Å². The summed E-state index contributed by atoms with van der Waals surface area (Å²) in [7, 11) is 1.32. The number of thiophene rings is 1. The van der Waals surface area contributed by atoms with E-state index in [2.05, 4.69) is 4.74 Å². The molecule has 1 aromatic heterocycles. The lowest BCUT2D eigenvalue weighted by Gasteiger charge is -2.22. The predicted molar refractivity (Wildman–Crippen MR) is 69.9 cm³/mol. The monoisotopic (exact) mass is 270 g/mol. The van der Waals surface area contributed by atoms with E-state index in [1.54, 1.807) is 18.4 Å². The molecular formula is C13H18O4S. The van der Waals surface area contributed by atoms with Crippen molar-refractivity contribution in [3.63, 3.8) is 0 Å². The highest BCUT2D eigenvalue weighted by Gasteiger charge is 2.27. The molecule has 1 heterocycles. The fraction of sp³-hybridized carbons (Fsp3) is 0.538. The topological polar surface area (TPSA) is 52.6 Å². The van der Waals surface area contributed by atoms with E-state index in [4.69, 9.17) is 4.74 Å². The van der Waals surface area contributed by atoms with Crippen LogP contribution >= 0.6 is 11.3 Å². The van der Waals surface area contributed by atoms with Crippen LogP contribution in [-0.2, 0) is 14.3 Å². The second kappa shape index (κ2) is 5.52. The number of carbonyl (C=O) groups excluding carboxylic acids is 2. The summed E-state index contributed by atoms with van der Waals surface area (Å²) in [4.78, 5) is 23.9. The summed E-state index contributed by atoms with van der Waals surface area (Å²) >= 11 is 1.26. The molecular weight excluding hydrogens is 252 g/mol. The minimum Gasteiger partial charge on any atom is -0.465 e. The Morgan fingerprint density at radius 3 is 2.44 bits per heavy atom. The van der Waals surface area contributed by atoms with Gasteiger partial charge in [0.05, 0.1) is 13.0 Å². The van der Waals surface area contributed by atoms with Crippen LogP contribution in [0.1, 0.15) is 48.8 Å².